The van der Waals surface area contributed by atoms with Crippen molar-refractivity contribution in [1.82, 2.24) is 0 Å². The third-order valence-electron chi connectivity index (χ3n) is 2.42. The first-order valence-electron chi connectivity index (χ1n) is 5.69. The average molecular weight is 433 g/mol. The van der Waals surface area contributed by atoms with Crippen molar-refractivity contribution in [3.8, 4) is 0 Å². The van der Waals surface area contributed by atoms with Crippen molar-refractivity contribution < 1.29 is 19.8 Å². The van der Waals surface area contributed by atoms with Gasteiger partial charge in [-0.05, 0) is 36.8 Å². The Morgan fingerprint density at radius 2 is 1.12 bits per heavy atom. The maximum atomic E-state index is 10.9. The van der Waals surface area contributed by atoms with Crippen molar-refractivity contribution in [2.75, 3.05) is 0 Å². The minimum atomic E-state index is -1.39. The molecule has 5 heteroatoms. The zero-order valence-electron chi connectivity index (χ0n) is 10.4. The van der Waals surface area contributed by atoms with E-state index < -0.39 is 11.9 Å². The summed E-state index contributed by atoms with van der Waals surface area (Å²) in [4.78, 5) is 21.7. The van der Waals surface area contributed by atoms with Crippen LogP contribution in [0.15, 0.2) is 11.1 Å². The molecule has 0 aromatic heterocycles. The molecule has 94 valence electrons. The van der Waals surface area contributed by atoms with Gasteiger partial charge in [-0.15, -0.1) is 0 Å². The molecule has 0 saturated carbocycles. The summed E-state index contributed by atoms with van der Waals surface area (Å²) in [5, 5.41) is 21.7. The SMILES string of the molecule is CCCC/C(C(=O)[O-])=C(\CCCC)C(=O)[O-].[Pb+2]. The van der Waals surface area contributed by atoms with Crippen molar-refractivity contribution in [3.63, 3.8) is 0 Å². The second-order valence-corrected chi connectivity index (χ2v) is 3.74. The predicted molar refractivity (Wildman–Crippen MR) is 61.8 cm³/mol. The standard InChI is InChI=1S/C12H20O4.Pb/c1-3-5-7-9(11(13)14)10(12(15)16)8-6-4-2;/h3-8H2,1-2H3,(H,13,14)(H,15,16);/q;+2/p-2/b10-9-;. The molecule has 0 aliphatic rings. The van der Waals surface area contributed by atoms with E-state index in [4.69, 9.17) is 0 Å². The van der Waals surface area contributed by atoms with Crippen LogP contribution in [0.1, 0.15) is 52.4 Å². The summed E-state index contributed by atoms with van der Waals surface area (Å²) in [6.45, 7) is 3.83. The molecule has 0 spiro atoms. The Hall–Kier alpha value is -0.398. The molecule has 0 amide bonds. The normalized spacial score (nSPS) is 11.4. The number of carboxylic acids is 2. The molecule has 0 aromatic carbocycles. The Labute approximate surface area is 122 Å². The van der Waals surface area contributed by atoms with Gasteiger partial charge in [0.15, 0.2) is 0 Å². The summed E-state index contributed by atoms with van der Waals surface area (Å²) < 4.78 is 0. The molecule has 0 saturated heterocycles. The zero-order chi connectivity index (χ0) is 12.6. The minimum absolute atomic E-state index is 0. The number of carbonyl (C=O) groups excluding carboxylic acids is 2. The molecule has 2 radical (unpaired) electrons. The molecular formula is C12H18O4Pb. The van der Waals surface area contributed by atoms with Crippen LogP contribution >= 0.6 is 0 Å². The smallest absolute Gasteiger partial charge is 0.545 e. The van der Waals surface area contributed by atoms with Gasteiger partial charge in [-0.3, -0.25) is 0 Å². The minimum Gasteiger partial charge on any atom is -0.545 e. The number of carboxylic acid groups (broad SMARTS) is 2. The summed E-state index contributed by atoms with van der Waals surface area (Å²) >= 11 is 0. The van der Waals surface area contributed by atoms with Crippen molar-refractivity contribution in [1.29, 1.82) is 0 Å². The fourth-order valence-corrected chi connectivity index (χ4v) is 1.46. The maximum absolute atomic E-state index is 10.9. The van der Waals surface area contributed by atoms with E-state index in [0.29, 0.717) is 12.8 Å². The first-order valence-corrected chi connectivity index (χ1v) is 5.69. The van der Waals surface area contributed by atoms with E-state index in [2.05, 4.69) is 0 Å². The molecule has 17 heavy (non-hydrogen) atoms. The van der Waals surface area contributed by atoms with Crippen molar-refractivity contribution >= 4 is 39.2 Å². The Morgan fingerprint density at radius 3 is 1.29 bits per heavy atom. The van der Waals surface area contributed by atoms with Gasteiger partial charge in [0.25, 0.3) is 0 Å². The van der Waals surface area contributed by atoms with Crippen LogP contribution in [0.4, 0.5) is 0 Å². The molecule has 0 bridgehead atoms. The van der Waals surface area contributed by atoms with Crippen LogP contribution in [0.25, 0.3) is 0 Å². The molecule has 0 heterocycles. The van der Waals surface area contributed by atoms with Crippen LogP contribution in [-0.2, 0) is 9.59 Å². The molecule has 0 aromatic rings. The maximum Gasteiger partial charge on any atom is 2.00 e. The van der Waals surface area contributed by atoms with Gasteiger partial charge in [-0.2, -0.15) is 0 Å². The molecule has 0 N–H and O–H groups in total. The van der Waals surface area contributed by atoms with Gasteiger partial charge in [-0.1, -0.05) is 26.7 Å². The monoisotopic (exact) mass is 434 g/mol. The fourth-order valence-electron chi connectivity index (χ4n) is 1.46. The molecule has 0 aliphatic heterocycles. The van der Waals surface area contributed by atoms with Crippen molar-refractivity contribution in [2.24, 2.45) is 0 Å². The van der Waals surface area contributed by atoms with Crippen molar-refractivity contribution in [2.45, 2.75) is 52.4 Å². The van der Waals surface area contributed by atoms with Gasteiger partial charge in [0.2, 0.25) is 0 Å². The van der Waals surface area contributed by atoms with Gasteiger partial charge >= 0.3 is 27.3 Å². The molecular weight excluding hydrogens is 415 g/mol. The second kappa shape index (κ2) is 10.7. The molecule has 0 fully saturated rings. The van der Waals surface area contributed by atoms with Gasteiger partial charge in [-0.25, -0.2) is 0 Å². The van der Waals surface area contributed by atoms with Gasteiger partial charge in [0.05, 0.1) is 11.9 Å². The number of aliphatic carboxylic acids is 2. The Bertz CT molecular complexity index is 256. The predicted octanol–water partition coefficient (Wildman–Crippen LogP) is -0.218. The molecule has 0 aliphatic carbocycles. The summed E-state index contributed by atoms with van der Waals surface area (Å²) in [5.74, 6) is -2.77. The number of unbranched alkanes of at least 4 members (excludes halogenated alkanes) is 2. The van der Waals surface area contributed by atoms with Crippen molar-refractivity contribution in [3.05, 3.63) is 11.1 Å². The van der Waals surface area contributed by atoms with Crippen LogP contribution in [0.5, 0.6) is 0 Å². The van der Waals surface area contributed by atoms with Crippen LogP contribution in [0, 0.1) is 0 Å². The summed E-state index contributed by atoms with van der Waals surface area (Å²) in [5.41, 5.74) is -0.203. The second-order valence-electron chi connectivity index (χ2n) is 3.74. The van der Waals surface area contributed by atoms with E-state index >= 15 is 0 Å². The topological polar surface area (TPSA) is 80.3 Å². The first-order chi connectivity index (χ1) is 7.54. The zero-order valence-corrected chi connectivity index (χ0v) is 14.3. The van der Waals surface area contributed by atoms with Gasteiger partial charge in [0.1, 0.15) is 0 Å². The summed E-state index contributed by atoms with van der Waals surface area (Å²) in [7, 11) is 0. The van der Waals surface area contributed by atoms with Gasteiger partial charge in [0, 0.05) is 0 Å². The molecule has 0 rings (SSSR count). The first kappa shape index (κ1) is 19.0. The van der Waals surface area contributed by atoms with E-state index in [9.17, 15) is 19.8 Å². The third-order valence-corrected chi connectivity index (χ3v) is 2.42. The Morgan fingerprint density at radius 1 is 0.824 bits per heavy atom. The molecule has 0 unspecified atom stereocenters. The van der Waals surface area contributed by atoms with Crippen LogP contribution in [0.3, 0.4) is 0 Å². The van der Waals surface area contributed by atoms with Crippen LogP contribution in [0.2, 0.25) is 0 Å². The summed E-state index contributed by atoms with van der Waals surface area (Å²) in [6.07, 6.45) is 3.39. The average Bonchev–Trinajstić information content (AvgIpc) is 2.21. The van der Waals surface area contributed by atoms with E-state index in [1.54, 1.807) is 0 Å². The number of carbonyl (C=O) groups is 2. The van der Waals surface area contributed by atoms with E-state index in [1.807, 2.05) is 13.8 Å². The number of rotatable bonds is 8. The number of hydrogen-bond acceptors (Lipinski definition) is 4. The van der Waals surface area contributed by atoms with Crippen LogP contribution in [-0.4, -0.2) is 39.2 Å². The van der Waals surface area contributed by atoms with E-state index in [1.165, 1.54) is 0 Å². The molecule has 0 atom stereocenters. The van der Waals surface area contributed by atoms with E-state index in [-0.39, 0.29) is 51.3 Å². The largest absolute Gasteiger partial charge is 2.00 e. The van der Waals surface area contributed by atoms with Gasteiger partial charge < -0.3 is 19.8 Å². The van der Waals surface area contributed by atoms with E-state index in [0.717, 1.165) is 12.8 Å². The quantitative estimate of drug-likeness (QED) is 0.392. The Balaban J connectivity index is 0. The fraction of sp³-hybridized carbons (Fsp3) is 0.667. The van der Waals surface area contributed by atoms with Crippen LogP contribution < -0.4 is 10.2 Å². The molecule has 4 nitrogen and oxygen atoms in total. The summed E-state index contributed by atoms with van der Waals surface area (Å²) in [6, 6.07) is 0. The Kier molecular flexibility index (Phi) is 12.0. The third kappa shape index (κ3) is 7.51. The number of hydrogen-bond donors (Lipinski definition) is 0.